The van der Waals surface area contributed by atoms with Crippen molar-refractivity contribution in [3.8, 4) is 11.8 Å². The fraction of sp³-hybridized carbons (Fsp3) is 0.273. The molecule has 0 aliphatic carbocycles. The van der Waals surface area contributed by atoms with Gasteiger partial charge in [-0.2, -0.15) is 15.1 Å². The number of aromatic amines is 1. The van der Waals surface area contributed by atoms with Gasteiger partial charge in [0, 0.05) is 20.2 Å². The molecule has 0 saturated carbocycles. The highest BCUT2D eigenvalue weighted by atomic mass is 16.5. The SMILES string of the molecule is CNc1nc(Oc2cc(C)nn2C)c2[nH]cnc2n1. The Hall–Kier alpha value is -2.64. The van der Waals surface area contributed by atoms with Crippen LogP contribution in [0.4, 0.5) is 5.95 Å². The predicted octanol–water partition coefficient (Wildman–Crippen LogP) is 1.23. The lowest BCUT2D eigenvalue weighted by Gasteiger charge is -2.06. The van der Waals surface area contributed by atoms with Gasteiger partial charge in [0.1, 0.15) is 5.52 Å². The molecule has 8 heteroatoms. The van der Waals surface area contributed by atoms with E-state index in [1.807, 2.05) is 20.0 Å². The van der Waals surface area contributed by atoms with E-state index in [-0.39, 0.29) is 0 Å². The number of ether oxygens (including phenoxy) is 1. The van der Waals surface area contributed by atoms with Crippen LogP contribution >= 0.6 is 0 Å². The van der Waals surface area contributed by atoms with E-state index >= 15 is 0 Å². The standard InChI is InChI=1S/C11H13N7O/c1-6-4-7(18(3)17-6)19-10-8-9(14-5-13-8)15-11(12-2)16-10/h4-5H,1-3H3,(H2,12,13,14,15,16). The summed E-state index contributed by atoms with van der Waals surface area (Å²) in [5, 5.41) is 7.10. The molecule has 3 heterocycles. The van der Waals surface area contributed by atoms with E-state index in [2.05, 4.69) is 30.4 Å². The minimum atomic E-state index is 0.412. The van der Waals surface area contributed by atoms with Crippen molar-refractivity contribution in [2.45, 2.75) is 6.92 Å². The zero-order chi connectivity index (χ0) is 13.4. The third kappa shape index (κ3) is 1.96. The van der Waals surface area contributed by atoms with E-state index in [0.717, 1.165) is 5.69 Å². The number of aryl methyl sites for hydroxylation is 2. The van der Waals surface area contributed by atoms with Crippen LogP contribution in [0.5, 0.6) is 11.8 Å². The number of anilines is 1. The second-order valence-corrected chi connectivity index (χ2v) is 4.05. The van der Waals surface area contributed by atoms with Gasteiger partial charge in [-0.1, -0.05) is 0 Å². The van der Waals surface area contributed by atoms with Gasteiger partial charge in [0.25, 0.3) is 5.88 Å². The Morgan fingerprint density at radius 1 is 1.37 bits per heavy atom. The average Bonchev–Trinajstić information content (AvgIpc) is 2.96. The molecule has 0 spiro atoms. The Kier molecular flexibility index (Phi) is 2.55. The van der Waals surface area contributed by atoms with Crippen LogP contribution in [0, 0.1) is 6.92 Å². The van der Waals surface area contributed by atoms with Gasteiger partial charge < -0.3 is 15.0 Å². The third-order valence-electron chi connectivity index (χ3n) is 2.64. The molecule has 3 aromatic heterocycles. The molecular weight excluding hydrogens is 246 g/mol. The molecular formula is C11H13N7O. The molecule has 98 valence electrons. The minimum Gasteiger partial charge on any atom is -0.418 e. The third-order valence-corrected chi connectivity index (χ3v) is 2.64. The minimum absolute atomic E-state index is 0.412. The predicted molar refractivity (Wildman–Crippen MR) is 69.2 cm³/mol. The zero-order valence-electron chi connectivity index (χ0n) is 10.8. The summed E-state index contributed by atoms with van der Waals surface area (Å²) >= 11 is 0. The van der Waals surface area contributed by atoms with Crippen LogP contribution in [0.2, 0.25) is 0 Å². The topological polar surface area (TPSA) is 93.5 Å². The summed E-state index contributed by atoms with van der Waals surface area (Å²) in [7, 11) is 3.55. The first-order valence-corrected chi connectivity index (χ1v) is 5.74. The molecule has 0 amide bonds. The van der Waals surface area contributed by atoms with Crippen molar-refractivity contribution in [3.05, 3.63) is 18.1 Å². The number of nitrogens with one attached hydrogen (secondary N) is 2. The Labute approximate surface area is 108 Å². The molecule has 0 aliphatic heterocycles. The van der Waals surface area contributed by atoms with Crippen molar-refractivity contribution >= 4 is 17.1 Å². The van der Waals surface area contributed by atoms with Gasteiger partial charge in [0.15, 0.2) is 5.65 Å². The van der Waals surface area contributed by atoms with Crippen LogP contribution in [0.1, 0.15) is 5.69 Å². The molecule has 0 radical (unpaired) electrons. The Balaban J connectivity index is 2.08. The lowest BCUT2D eigenvalue weighted by molar-refractivity contribution is 0.419. The first-order valence-electron chi connectivity index (χ1n) is 5.74. The number of fused-ring (bicyclic) bond motifs is 1. The summed E-state index contributed by atoms with van der Waals surface area (Å²) in [4.78, 5) is 15.6. The normalized spacial score (nSPS) is 10.9. The number of hydrogen-bond acceptors (Lipinski definition) is 6. The smallest absolute Gasteiger partial charge is 0.252 e. The van der Waals surface area contributed by atoms with Crippen molar-refractivity contribution in [1.29, 1.82) is 0 Å². The lowest BCUT2D eigenvalue weighted by Crippen LogP contribution is -2.01. The number of aromatic nitrogens is 6. The molecule has 8 nitrogen and oxygen atoms in total. The Morgan fingerprint density at radius 3 is 2.89 bits per heavy atom. The molecule has 0 aromatic carbocycles. The second kappa shape index (κ2) is 4.23. The summed E-state index contributed by atoms with van der Waals surface area (Å²) in [6.45, 7) is 1.90. The van der Waals surface area contributed by atoms with Gasteiger partial charge in [-0.05, 0) is 6.92 Å². The van der Waals surface area contributed by atoms with Crippen molar-refractivity contribution < 1.29 is 4.74 Å². The van der Waals surface area contributed by atoms with Gasteiger partial charge in [0.2, 0.25) is 11.8 Å². The molecule has 3 aromatic rings. The van der Waals surface area contributed by atoms with E-state index < -0.39 is 0 Å². The Morgan fingerprint density at radius 2 is 2.21 bits per heavy atom. The quantitative estimate of drug-likeness (QED) is 0.734. The molecule has 19 heavy (non-hydrogen) atoms. The van der Waals surface area contributed by atoms with Crippen molar-refractivity contribution in [2.24, 2.45) is 7.05 Å². The summed E-state index contributed by atoms with van der Waals surface area (Å²) in [5.74, 6) is 1.47. The zero-order valence-corrected chi connectivity index (χ0v) is 10.8. The van der Waals surface area contributed by atoms with Crippen LogP contribution in [0.3, 0.4) is 0 Å². The van der Waals surface area contributed by atoms with Crippen LogP contribution in [0.25, 0.3) is 11.2 Å². The van der Waals surface area contributed by atoms with E-state index in [1.54, 1.807) is 18.1 Å². The van der Waals surface area contributed by atoms with Crippen LogP contribution < -0.4 is 10.1 Å². The molecule has 2 N–H and O–H groups in total. The molecule has 3 rings (SSSR count). The fourth-order valence-corrected chi connectivity index (χ4v) is 1.77. The van der Waals surface area contributed by atoms with Gasteiger partial charge in [-0.3, -0.25) is 0 Å². The molecule has 0 atom stereocenters. The Bertz CT molecular complexity index is 730. The van der Waals surface area contributed by atoms with E-state index in [9.17, 15) is 0 Å². The van der Waals surface area contributed by atoms with Gasteiger partial charge in [-0.15, -0.1) is 0 Å². The number of hydrogen-bond donors (Lipinski definition) is 2. The fourth-order valence-electron chi connectivity index (χ4n) is 1.77. The first kappa shape index (κ1) is 11.5. The molecule has 0 saturated heterocycles. The van der Waals surface area contributed by atoms with Gasteiger partial charge in [0.05, 0.1) is 12.0 Å². The van der Waals surface area contributed by atoms with Crippen LogP contribution in [-0.4, -0.2) is 36.8 Å². The second-order valence-electron chi connectivity index (χ2n) is 4.05. The van der Waals surface area contributed by atoms with Crippen LogP contribution in [-0.2, 0) is 7.05 Å². The number of rotatable bonds is 3. The van der Waals surface area contributed by atoms with Crippen molar-refractivity contribution in [2.75, 3.05) is 12.4 Å². The van der Waals surface area contributed by atoms with Crippen LogP contribution in [0.15, 0.2) is 12.4 Å². The van der Waals surface area contributed by atoms with Gasteiger partial charge in [-0.25, -0.2) is 9.67 Å². The number of H-pyrrole nitrogens is 1. The van der Waals surface area contributed by atoms with Crippen molar-refractivity contribution in [1.82, 2.24) is 29.7 Å². The number of nitrogens with zero attached hydrogens (tertiary/aromatic N) is 5. The summed E-state index contributed by atoms with van der Waals surface area (Å²) < 4.78 is 7.43. The summed E-state index contributed by atoms with van der Waals surface area (Å²) in [5.41, 5.74) is 2.08. The summed E-state index contributed by atoms with van der Waals surface area (Å²) in [6.07, 6.45) is 1.56. The number of imidazole rings is 1. The largest absolute Gasteiger partial charge is 0.418 e. The maximum absolute atomic E-state index is 5.78. The van der Waals surface area contributed by atoms with Gasteiger partial charge >= 0.3 is 0 Å². The van der Waals surface area contributed by atoms with E-state index in [4.69, 9.17) is 4.74 Å². The average molecular weight is 259 g/mol. The molecule has 0 unspecified atom stereocenters. The van der Waals surface area contributed by atoms with E-state index in [1.165, 1.54) is 0 Å². The monoisotopic (exact) mass is 259 g/mol. The highest BCUT2D eigenvalue weighted by Gasteiger charge is 2.13. The lowest BCUT2D eigenvalue weighted by atomic mass is 10.5. The van der Waals surface area contributed by atoms with E-state index in [0.29, 0.717) is 28.9 Å². The molecule has 0 fully saturated rings. The van der Waals surface area contributed by atoms with Crippen molar-refractivity contribution in [3.63, 3.8) is 0 Å². The molecule has 0 aliphatic rings. The highest BCUT2D eigenvalue weighted by molar-refractivity contribution is 5.77. The maximum atomic E-state index is 5.78. The first-order chi connectivity index (χ1) is 9.17. The highest BCUT2D eigenvalue weighted by Crippen LogP contribution is 2.26. The maximum Gasteiger partial charge on any atom is 0.252 e. The summed E-state index contributed by atoms with van der Waals surface area (Å²) in [6, 6.07) is 1.84. The molecule has 0 bridgehead atoms.